The Morgan fingerprint density at radius 2 is 1.82 bits per heavy atom. The highest BCUT2D eigenvalue weighted by Crippen LogP contribution is 2.21. The molecule has 0 N–H and O–H groups in total. The first-order chi connectivity index (χ1) is 10.6. The van der Waals surface area contributed by atoms with Gasteiger partial charge in [-0.3, -0.25) is 3.97 Å². The van der Waals surface area contributed by atoms with Crippen molar-refractivity contribution < 1.29 is 13.7 Å². The van der Waals surface area contributed by atoms with Crippen LogP contribution in [0.3, 0.4) is 0 Å². The van der Waals surface area contributed by atoms with Gasteiger partial charge in [0.25, 0.3) is 0 Å². The fraction of sp³-hybridized carbons (Fsp3) is 0.118. The van der Waals surface area contributed by atoms with Gasteiger partial charge in [0, 0.05) is 11.6 Å². The molecule has 0 aliphatic rings. The molecule has 0 aliphatic heterocycles. The van der Waals surface area contributed by atoms with Crippen LogP contribution < -0.4 is 0 Å². The van der Waals surface area contributed by atoms with E-state index in [4.69, 9.17) is 4.74 Å². The molecule has 22 heavy (non-hydrogen) atoms. The fourth-order valence-corrected chi connectivity index (χ4v) is 3.37. The second-order valence-corrected chi connectivity index (χ2v) is 6.33. The zero-order chi connectivity index (χ0) is 15.7. The Morgan fingerprint density at radius 3 is 2.50 bits per heavy atom. The van der Waals surface area contributed by atoms with Crippen molar-refractivity contribution in [2.45, 2.75) is 11.8 Å². The lowest BCUT2D eigenvalue weighted by Gasteiger charge is -2.07. The predicted octanol–water partition coefficient (Wildman–Crippen LogP) is 3.31. The van der Waals surface area contributed by atoms with Crippen molar-refractivity contribution >= 4 is 27.9 Å². The number of nitrogens with zero attached hydrogens (tertiary/aromatic N) is 1. The minimum absolute atomic E-state index is 0.407. The molecule has 3 aromatic rings. The third kappa shape index (κ3) is 2.55. The SMILES string of the molecule is COC(=O)c1ccc2ccn(S(=O)c3ccc(C)cc3)c2c1. The highest BCUT2D eigenvalue weighted by molar-refractivity contribution is 7.83. The number of carbonyl (C=O) groups excluding carboxylic acids is 1. The molecule has 2 aromatic carbocycles. The largest absolute Gasteiger partial charge is 0.465 e. The van der Waals surface area contributed by atoms with Gasteiger partial charge in [0.05, 0.1) is 23.1 Å². The van der Waals surface area contributed by atoms with Crippen molar-refractivity contribution in [1.82, 2.24) is 3.97 Å². The van der Waals surface area contributed by atoms with Crippen molar-refractivity contribution in [1.29, 1.82) is 0 Å². The van der Waals surface area contributed by atoms with Crippen LogP contribution in [0.25, 0.3) is 10.9 Å². The third-order valence-electron chi connectivity index (χ3n) is 3.48. The molecule has 1 atom stereocenters. The van der Waals surface area contributed by atoms with Crippen LogP contribution >= 0.6 is 0 Å². The molecule has 1 unspecified atom stereocenters. The highest BCUT2D eigenvalue weighted by Gasteiger charge is 2.12. The molecule has 0 spiro atoms. The summed E-state index contributed by atoms with van der Waals surface area (Å²) in [7, 11) is -0.0141. The summed E-state index contributed by atoms with van der Waals surface area (Å²) < 4.78 is 19.1. The van der Waals surface area contributed by atoms with E-state index >= 15 is 0 Å². The summed E-state index contributed by atoms with van der Waals surface area (Å²) in [6, 6.07) is 14.7. The number of hydrogen-bond donors (Lipinski definition) is 0. The van der Waals surface area contributed by atoms with Crippen molar-refractivity contribution in [3.63, 3.8) is 0 Å². The van der Waals surface area contributed by atoms with Crippen LogP contribution in [-0.4, -0.2) is 21.3 Å². The number of rotatable bonds is 3. The Labute approximate surface area is 130 Å². The van der Waals surface area contributed by atoms with Crippen molar-refractivity contribution in [3.8, 4) is 0 Å². The number of aromatic nitrogens is 1. The van der Waals surface area contributed by atoms with Gasteiger partial charge in [0.1, 0.15) is 0 Å². The number of methoxy groups -OCH3 is 1. The molecule has 0 aliphatic carbocycles. The lowest BCUT2D eigenvalue weighted by Crippen LogP contribution is -2.05. The number of aryl methyl sites for hydroxylation is 1. The minimum Gasteiger partial charge on any atom is -0.465 e. The maximum Gasteiger partial charge on any atom is 0.337 e. The molecule has 5 heteroatoms. The van der Waals surface area contributed by atoms with E-state index < -0.39 is 17.0 Å². The molecule has 0 amide bonds. The van der Waals surface area contributed by atoms with Gasteiger partial charge in [-0.05, 0) is 37.3 Å². The Balaban J connectivity index is 2.08. The Hall–Kier alpha value is -2.40. The quantitative estimate of drug-likeness (QED) is 0.697. The second-order valence-electron chi connectivity index (χ2n) is 4.97. The number of esters is 1. The van der Waals surface area contributed by atoms with Crippen LogP contribution in [0.4, 0.5) is 0 Å². The lowest BCUT2D eigenvalue weighted by atomic mass is 10.2. The van der Waals surface area contributed by atoms with E-state index in [9.17, 15) is 9.00 Å². The summed E-state index contributed by atoms with van der Waals surface area (Å²) in [6.45, 7) is 1.99. The smallest absolute Gasteiger partial charge is 0.337 e. The zero-order valence-corrected chi connectivity index (χ0v) is 13.1. The first-order valence-electron chi connectivity index (χ1n) is 6.78. The van der Waals surface area contributed by atoms with E-state index in [1.165, 1.54) is 7.11 Å². The predicted molar refractivity (Wildman–Crippen MR) is 86.3 cm³/mol. The van der Waals surface area contributed by atoms with Gasteiger partial charge in [0.2, 0.25) is 0 Å². The molecular weight excluding hydrogens is 298 g/mol. The van der Waals surface area contributed by atoms with E-state index in [-0.39, 0.29) is 0 Å². The average molecular weight is 313 g/mol. The summed E-state index contributed by atoms with van der Waals surface area (Å²) in [5, 5.41) is 0.924. The number of ether oxygens (including phenoxy) is 1. The lowest BCUT2D eigenvalue weighted by molar-refractivity contribution is 0.0601. The fourth-order valence-electron chi connectivity index (χ4n) is 2.26. The van der Waals surface area contributed by atoms with Gasteiger partial charge in [-0.15, -0.1) is 0 Å². The van der Waals surface area contributed by atoms with Gasteiger partial charge in [-0.2, -0.15) is 0 Å². The van der Waals surface area contributed by atoms with E-state index in [0.29, 0.717) is 10.5 Å². The summed E-state index contributed by atoms with van der Waals surface area (Å²) >= 11 is 0. The average Bonchev–Trinajstić information content (AvgIpc) is 2.97. The molecule has 112 valence electrons. The molecule has 0 radical (unpaired) electrons. The summed E-state index contributed by atoms with van der Waals surface area (Å²) in [6.07, 6.45) is 1.77. The first-order valence-corrected chi connectivity index (χ1v) is 7.89. The van der Waals surface area contributed by atoms with Crippen LogP contribution in [0.1, 0.15) is 15.9 Å². The first kappa shape index (κ1) is 14.5. The second kappa shape index (κ2) is 5.77. The van der Waals surface area contributed by atoms with Gasteiger partial charge >= 0.3 is 5.97 Å². The van der Waals surface area contributed by atoms with E-state index in [2.05, 4.69) is 0 Å². The molecule has 0 saturated heterocycles. The Kier molecular flexibility index (Phi) is 3.81. The number of fused-ring (bicyclic) bond motifs is 1. The van der Waals surface area contributed by atoms with E-state index in [1.54, 1.807) is 22.3 Å². The van der Waals surface area contributed by atoms with Crippen molar-refractivity contribution in [3.05, 3.63) is 65.9 Å². The summed E-state index contributed by atoms with van der Waals surface area (Å²) in [5.74, 6) is -0.407. The highest BCUT2D eigenvalue weighted by atomic mass is 32.2. The Bertz CT molecular complexity index is 865. The summed E-state index contributed by atoms with van der Waals surface area (Å²) in [5.41, 5.74) is 2.30. The van der Waals surface area contributed by atoms with Gasteiger partial charge in [0.15, 0.2) is 11.0 Å². The normalized spacial score (nSPS) is 12.3. The topological polar surface area (TPSA) is 48.3 Å². The maximum atomic E-state index is 12.7. The standard InChI is InChI=1S/C17H15NO3S/c1-12-3-7-15(8-4-12)22(20)18-10-9-13-5-6-14(11-16(13)18)17(19)21-2/h3-11H,1-2H3. The van der Waals surface area contributed by atoms with E-state index in [0.717, 1.165) is 16.5 Å². The minimum atomic E-state index is -1.36. The number of hydrogen-bond acceptors (Lipinski definition) is 3. The molecule has 0 saturated carbocycles. The molecule has 1 aromatic heterocycles. The van der Waals surface area contributed by atoms with E-state index in [1.807, 2.05) is 43.3 Å². The van der Waals surface area contributed by atoms with Gasteiger partial charge in [-0.1, -0.05) is 23.8 Å². The zero-order valence-electron chi connectivity index (χ0n) is 12.3. The third-order valence-corrected chi connectivity index (χ3v) is 4.83. The molecular formula is C17H15NO3S. The van der Waals surface area contributed by atoms with Crippen LogP contribution in [-0.2, 0) is 15.7 Å². The number of benzene rings is 2. The summed E-state index contributed by atoms with van der Waals surface area (Å²) in [4.78, 5) is 12.4. The maximum absolute atomic E-state index is 12.7. The van der Waals surface area contributed by atoms with Crippen LogP contribution in [0, 0.1) is 6.92 Å². The monoisotopic (exact) mass is 313 g/mol. The molecule has 0 bridgehead atoms. The molecule has 3 rings (SSSR count). The van der Waals surface area contributed by atoms with Gasteiger partial charge in [-0.25, -0.2) is 9.00 Å². The number of carbonyl (C=O) groups is 1. The van der Waals surface area contributed by atoms with Crippen molar-refractivity contribution in [2.75, 3.05) is 7.11 Å². The van der Waals surface area contributed by atoms with Crippen molar-refractivity contribution in [2.24, 2.45) is 0 Å². The van der Waals surface area contributed by atoms with Crippen LogP contribution in [0.15, 0.2) is 59.6 Å². The molecule has 4 nitrogen and oxygen atoms in total. The molecule has 1 heterocycles. The van der Waals surface area contributed by atoms with Crippen LogP contribution in [0.5, 0.6) is 0 Å². The Morgan fingerprint density at radius 1 is 1.09 bits per heavy atom. The van der Waals surface area contributed by atoms with Gasteiger partial charge < -0.3 is 4.74 Å². The molecule has 0 fully saturated rings. The van der Waals surface area contributed by atoms with Crippen LogP contribution in [0.2, 0.25) is 0 Å².